The van der Waals surface area contributed by atoms with E-state index in [4.69, 9.17) is 0 Å². The fraction of sp³-hybridized carbons (Fsp3) is 0.0625. The van der Waals surface area contributed by atoms with Crippen molar-refractivity contribution in [2.45, 2.75) is 6.92 Å². The molecule has 1 aromatic heterocycles. The molecule has 0 unspecified atom stereocenters. The molecular formula is C16H13F2N3. The second-order valence-electron chi connectivity index (χ2n) is 4.66. The van der Waals surface area contributed by atoms with Crippen LogP contribution in [0.5, 0.6) is 0 Å². The molecule has 3 nitrogen and oxygen atoms in total. The van der Waals surface area contributed by atoms with Gasteiger partial charge in [-0.3, -0.25) is 4.57 Å². The molecule has 2 aromatic carbocycles. The summed E-state index contributed by atoms with van der Waals surface area (Å²) in [7, 11) is 0. The SMILES string of the molecule is Cc1cn(-c2ccc(F)cc2F)c(Nc2ccccc2)n1. The Labute approximate surface area is 120 Å². The van der Waals surface area contributed by atoms with Crippen molar-refractivity contribution in [2.75, 3.05) is 5.32 Å². The lowest BCUT2D eigenvalue weighted by molar-refractivity contribution is 0.578. The summed E-state index contributed by atoms with van der Waals surface area (Å²) >= 11 is 0. The van der Waals surface area contributed by atoms with E-state index in [1.54, 1.807) is 10.8 Å². The molecule has 21 heavy (non-hydrogen) atoms. The van der Waals surface area contributed by atoms with Crippen LogP contribution in [0.3, 0.4) is 0 Å². The Kier molecular flexibility index (Phi) is 3.39. The molecule has 3 rings (SSSR count). The van der Waals surface area contributed by atoms with E-state index in [-0.39, 0.29) is 5.69 Å². The molecule has 0 saturated carbocycles. The molecule has 0 aliphatic rings. The zero-order valence-corrected chi connectivity index (χ0v) is 11.3. The molecule has 0 aliphatic carbocycles. The first kappa shape index (κ1) is 13.3. The van der Waals surface area contributed by atoms with Gasteiger partial charge in [-0.15, -0.1) is 0 Å². The summed E-state index contributed by atoms with van der Waals surface area (Å²) in [5.41, 5.74) is 1.82. The van der Waals surface area contributed by atoms with Crippen LogP contribution in [0.25, 0.3) is 5.69 Å². The summed E-state index contributed by atoms with van der Waals surface area (Å²) in [4.78, 5) is 4.34. The van der Waals surface area contributed by atoms with E-state index in [0.717, 1.165) is 17.4 Å². The highest BCUT2D eigenvalue weighted by Gasteiger charge is 2.12. The first-order valence-corrected chi connectivity index (χ1v) is 6.47. The number of halogens is 2. The number of hydrogen-bond acceptors (Lipinski definition) is 2. The first-order chi connectivity index (χ1) is 10.1. The van der Waals surface area contributed by atoms with Crippen LogP contribution in [0.4, 0.5) is 20.4 Å². The Hall–Kier alpha value is -2.69. The first-order valence-electron chi connectivity index (χ1n) is 6.47. The van der Waals surface area contributed by atoms with Gasteiger partial charge in [-0.05, 0) is 31.2 Å². The second-order valence-corrected chi connectivity index (χ2v) is 4.66. The minimum Gasteiger partial charge on any atom is -0.325 e. The number of imidazole rings is 1. The fourth-order valence-electron chi connectivity index (χ4n) is 2.10. The fourth-order valence-corrected chi connectivity index (χ4v) is 2.10. The molecule has 0 spiro atoms. The van der Waals surface area contributed by atoms with Crippen LogP contribution >= 0.6 is 0 Å². The van der Waals surface area contributed by atoms with E-state index in [1.807, 2.05) is 37.3 Å². The molecule has 0 fully saturated rings. The maximum Gasteiger partial charge on any atom is 0.212 e. The zero-order valence-electron chi connectivity index (χ0n) is 11.3. The average Bonchev–Trinajstić information content (AvgIpc) is 2.80. The van der Waals surface area contributed by atoms with Crippen LogP contribution in [0.15, 0.2) is 54.7 Å². The van der Waals surface area contributed by atoms with Crippen molar-refractivity contribution in [3.8, 4) is 5.69 Å². The largest absolute Gasteiger partial charge is 0.325 e. The van der Waals surface area contributed by atoms with Gasteiger partial charge in [0.15, 0.2) is 0 Å². The lowest BCUT2D eigenvalue weighted by Crippen LogP contribution is -2.03. The van der Waals surface area contributed by atoms with Gasteiger partial charge in [-0.2, -0.15) is 0 Å². The third-order valence-electron chi connectivity index (χ3n) is 3.03. The van der Waals surface area contributed by atoms with E-state index in [2.05, 4.69) is 10.3 Å². The van der Waals surface area contributed by atoms with E-state index in [0.29, 0.717) is 5.95 Å². The highest BCUT2D eigenvalue weighted by atomic mass is 19.1. The van der Waals surface area contributed by atoms with Crippen LogP contribution in [0.1, 0.15) is 5.69 Å². The lowest BCUT2D eigenvalue weighted by Gasteiger charge is -2.10. The standard InChI is InChI=1S/C16H13F2N3/c1-11-10-21(15-8-7-12(17)9-14(15)18)16(19-11)20-13-5-3-2-4-6-13/h2-10H,1H3,(H,19,20). The van der Waals surface area contributed by atoms with E-state index in [1.165, 1.54) is 12.1 Å². The monoisotopic (exact) mass is 285 g/mol. The van der Waals surface area contributed by atoms with E-state index in [9.17, 15) is 8.78 Å². The maximum absolute atomic E-state index is 13.9. The van der Waals surface area contributed by atoms with Gasteiger partial charge in [0.2, 0.25) is 5.95 Å². The minimum absolute atomic E-state index is 0.246. The van der Waals surface area contributed by atoms with Gasteiger partial charge >= 0.3 is 0 Å². The second kappa shape index (κ2) is 5.36. The van der Waals surface area contributed by atoms with Crippen molar-refractivity contribution in [1.29, 1.82) is 0 Å². The molecular weight excluding hydrogens is 272 g/mol. The van der Waals surface area contributed by atoms with Gasteiger partial charge in [0.1, 0.15) is 11.6 Å². The number of aryl methyl sites for hydroxylation is 1. The van der Waals surface area contributed by atoms with Gasteiger partial charge in [0, 0.05) is 18.0 Å². The third kappa shape index (κ3) is 2.76. The molecule has 3 aromatic rings. The van der Waals surface area contributed by atoms with Crippen molar-refractivity contribution >= 4 is 11.6 Å². The summed E-state index contributed by atoms with van der Waals surface area (Å²) in [5, 5.41) is 3.13. The minimum atomic E-state index is -0.636. The number of nitrogens with zero attached hydrogens (tertiary/aromatic N) is 2. The summed E-state index contributed by atoms with van der Waals surface area (Å²) < 4.78 is 28.5. The molecule has 5 heteroatoms. The zero-order chi connectivity index (χ0) is 14.8. The van der Waals surface area contributed by atoms with Crippen LogP contribution < -0.4 is 5.32 Å². The molecule has 0 saturated heterocycles. The summed E-state index contributed by atoms with van der Waals surface area (Å²) in [6.45, 7) is 1.81. The molecule has 1 N–H and O–H groups in total. The van der Waals surface area contributed by atoms with Crippen molar-refractivity contribution in [2.24, 2.45) is 0 Å². The molecule has 1 heterocycles. The third-order valence-corrected chi connectivity index (χ3v) is 3.03. The predicted molar refractivity (Wildman–Crippen MR) is 77.9 cm³/mol. The Bertz CT molecular complexity index is 766. The maximum atomic E-state index is 13.9. The van der Waals surface area contributed by atoms with Crippen molar-refractivity contribution in [3.05, 3.63) is 72.1 Å². The highest BCUT2D eigenvalue weighted by molar-refractivity contribution is 5.56. The predicted octanol–water partition coefficient (Wildman–Crippen LogP) is 4.20. The Morgan fingerprint density at radius 2 is 1.81 bits per heavy atom. The number of benzene rings is 2. The van der Waals surface area contributed by atoms with Crippen molar-refractivity contribution in [3.63, 3.8) is 0 Å². The Balaban J connectivity index is 2.03. The smallest absolute Gasteiger partial charge is 0.212 e. The number of nitrogens with one attached hydrogen (secondary N) is 1. The number of hydrogen-bond donors (Lipinski definition) is 1. The molecule has 0 bridgehead atoms. The molecule has 0 aliphatic heterocycles. The summed E-state index contributed by atoms with van der Waals surface area (Å²) in [5.74, 6) is -0.765. The quantitative estimate of drug-likeness (QED) is 0.781. The van der Waals surface area contributed by atoms with Crippen molar-refractivity contribution < 1.29 is 8.78 Å². The number of aromatic nitrogens is 2. The summed E-state index contributed by atoms with van der Waals surface area (Å²) in [6, 6.07) is 12.9. The Morgan fingerprint density at radius 3 is 2.52 bits per heavy atom. The van der Waals surface area contributed by atoms with E-state index >= 15 is 0 Å². The van der Waals surface area contributed by atoms with Gasteiger partial charge in [-0.25, -0.2) is 13.8 Å². The molecule has 0 atom stereocenters. The van der Waals surface area contributed by atoms with Crippen molar-refractivity contribution in [1.82, 2.24) is 9.55 Å². The van der Waals surface area contributed by atoms with Crippen LogP contribution in [-0.4, -0.2) is 9.55 Å². The number of para-hydroxylation sites is 1. The normalized spacial score (nSPS) is 10.6. The molecule has 106 valence electrons. The Morgan fingerprint density at radius 1 is 1.05 bits per heavy atom. The lowest BCUT2D eigenvalue weighted by atomic mass is 10.3. The molecule has 0 amide bonds. The van der Waals surface area contributed by atoms with Gasteiger partial charge < -0.3 is 5.32 Å². The average molecular weight is 285 g/mol. The van der Waals surface area contributed by atoms with Gasteiger partial charge in [0.25, 0.3) is 0 Å². The highest BCUT2D eigenvalue weighted by Crippen LogP contribution is 2.23. The molecule has 0 radical (unpaired) electrons. The van der Waals surface area contributed by atoms with Crippen LogP contribution in [0.2, 0.25) is 0 Å². The van der Waals surface area contributed by atoms with E-state index < -0.39 is 11.6 Å². The number of anilines is 2. The van der Waals surface area contributed by atoms with Crippen LogP contribution in [-0.2, 0) is 0 Å². The summed E-state index contributed by atoms with van der Waals surface area (Å²) in [6.07, 6.45) is 1.70. The van der Waals surface area contributed by atoms with Crippen LogP contribution in [0, 0.1) is 18.6 Å². The number of rotatable bonds is 3. The van der Waals surface area contributed by atoms with Gasteiger partial charge in [-0.1, -0.05) is 18.2 Å². The topological polar surface area (TPSA) is 29.9 Å². The van der Waals surface area contributed by atoms with Gasteiger partial charge in [0.05, 0.1) is 11.4 Å².